The molecule has 0 spiro atoms. The molecule has 1 aliphatic rings. The number of hydrogen-bond donors (Lipinski definition) is 1. The number of amides is 2. The van der Waals surface area contributed by atoms with Crippen LogP contribution >= 0.6 is 0 Å². The highest BCUT2D eigenvalue weighted by Gasteiger charge is 2.22. The van der Waals surface area contributed by atoms with Crippen molar-refractivity contribution < 1.29 is 9.59 Å². The highest BCUT2D eigenvalue weighted by molar-refractivity contribution is 5.95. The standard InChI is InChI=1S/C22H27N3O2/c1-17-5-3-4-6-21(17)22(27)25-15-13-24(14-16-25)12-11-19-7-9-20(10-8-19)23-18(2)26/h3-10H,11-16H2,1-2H3,(H,23,26). The summed E-state index contributed by atoms with van der Waals surface area (Å²) in [6.07, 6.45) is 0.964. The summed E-state index contributed by atoms with van der Waals surface area (Å²) in [4.78, 5) is 28.1. The van der Waals surface area contributed by atoms with Crippen LogP contribution in [0, 0.1) is 6.92 Å². The molecule has 1 fully saturated rings. The van der Waals surface area contributed by atoms with Crippen molar-refractivity contribution in [3.05, 3.63) is 65.2 Å². The number of aryl methyl sites for hydroxylation is 1. The number of benzene rings is 2. The Morgan fingerprint density at radius 1 is 0.963 bits per heavy atom. The average Bonchev–Trinajstić information content (AvgIpc) is 2.67. The van der Waals surface area contributed by atoms with Gasteiger partial charge in [-0.05, 0) is 42.7 Å². The van der Waals surface area contributed by atoms with Gasteiger partial charge in [0.1, 0.15) is 0 Å². The summed E-state index contributed by atoms with van der Waals surface area (Å²) in [6.45, 7) is 7.83. The minimum atomic E-state index is -0.0548. The van der Waals surface area contributed by atoms with Crippen LogP contribution < -0.4 is 5.32 Å². The quantitative estimate of drug-likeness (QED) is 0.886. The van der Waals surface area contributed by atoms with E-state index < -0.39 is 0 Å². The largest absolute Gasteiger partial charge is 0.336 e. The van der Waals surface area contributed by atoms with Gasteiger partial charge in [-0.3, -0.25) is 14.5 Å². The summed E-state index contributed by atoms with van der Waals surface area (Å²) in [5.74, 6) is 0.0853. The Morgan fingerprint density at radius 2 is 1.63 bits per heavy atom. The van der Waals surface area contributed by atoms with Gasteiger partial charge in [-0.2, -0.15) is 0 Å². The highest BCUT2D eigenvalue weighted by atomic mass is 16.2. The van der Waals surface area contributed by atoms with Crippen molar-refractivity contribution in [2.45, 2.75) is 20.3 Å². The molecule has 5 heteroatoms. The number of carbonyl (C=O) groups excluding carboxylic acids is 2. The highest BCUT2D eigenvalue weighted by Crippen LogP contribution is 2.14. The van der Waals surface area contributed by atoms with Crippen LogP contribution in [0.25, 0.3) is 0 Å². The first kappa shape index (κ1) is 19.1. The van der Waals surface area contributed by atoms with Gasteiger partial charge in [0.15, 0.2) is 0 Å². The molecule has 0 saturated carbocycles. The Bertz CT molecular complexity index is 793. The van der Waals surface area contributed by atoms with Gasteiger partial charge in [0, 0.05) is 50.9 Å². The summed E-state index contributed by atoms with van der Waals surface area (Å²) in [5, 5.41) is 2.78. The van der Waals surface area contributed by atoms with Gasteiger partial charge in [-0.15, -0.1) is 0 Å². The Labute approximate surface area is 161 Å². The Balaban J connectivity index is 1.46. The number of hydrogen-bond acceptors (Lipinski definition) is 3. The predicted octanol–water partition coefficient (Wildman–Crippen LogP) is 2.95. The van der Waals surface area contributed by atoms with E-state index in [9.17, 15) is 9.59 Å². The zero-order chi connectivity index (χ0) is 19.2. The van der Waals surface area contributed by atoms with Crippen molar-refractivity contribution in [2.24, 2.45) is 0 Å². The molecule has 0 aromatic heterocycles. The first-order valence-electron chi connectivity index (χ1n) is 9.47. The Morgan fingerprint density at radius 3 is 2.26 bits per heavy atom. The van der Waals surface area contributed by atoms with E-state index in [0.29, 0.717) is 0 Å². The van der Waals surface area contributed by atoms with E-state index in [0.717, 1.165) is 56.0 Å². The zero-order valence-corrected chi connectivity index (χ0v) is 16.1. The maximum absolute atomic E-state index is 12.7. The summed E-state index contributed by atoms with van der Waals surface area (Å²) in [7, 11) is 0. The van der Waals surface area contributed by atoms with Crippen molar-refractivity contribution >= 4 is 17.5 Å². The van der Waals surface area contributed by atoms with Gasteiger partial charge >= 0.3 is 0 Å². The van der Waals surface area contributed by atoms with Crippen LogP contribution in [0.2, 0.25) is 0 Å². The maximum Gasteiger partial charge on any atom is 0.254 e. The van der Waals surface area contributed by atoms with Crippen molar-refractivity contribution in [1.82, 2.24) is 9.80 Å². The third-order valence-corrected chi connectivity index (χ3v) is 5.03. The molecule has 2 aromatic rings. The molecule has 0 unspecified atom stereocenters. The first-order valence-corrected chi connectivity index (χ1v) is 9.47. The van der Waals surface area contributed by atoms with Crippen LogP contribution in [-0.4, -0.2) is 54.3 Å². The Hall–Kier alpha value is -2.66. The third-order valence-electron chi connectivity index (χ3n) is 5.03. The van der Waals surface area contributed by atoms with Crippen LogP contribution in [0.3, 0.4) is 0 Å². The molecule has 0 atom stereocenters. The van der Waals surface area contributed by atoms with Gasteiger partial charge in [-0.25, -0.2) is 0 Å². The van der Waals surface area contributed by atoms with E-state index in [4.69, 9.17) is 0 Å². The van der Waals surface area contributed by atoms with Gasteiger partial charge in [-0.1, -0.05) is 30.3 Å². The first-order chi connectivity index (χ1) is 13.0. The molecule has 5 nitrogen and oxygen atoms in total. The Kier molecular flexibility index (Phi) is 6.24. The zero-order valence-electron chi connectivity index (χ0n) is 16.1. The molecular weight excluding hydrogens is 338 g/mol. The van der Waals surface area contributed by atoms with E-state index in [1.54, 1.807) is 0 Å². The van der Waals surface area contributed by atoms with Crippen molar-refractivity contribution in [2.75, 3.05) is 38.0 Å². The predicted molar refractivity (Wildman–Crippen MR) is 108 cm³/mol. The van der Waals surface area contributed by atoms with Gasteiger partial charge in [0.05, 0.1) is 0 Å². The van der Waals surface area contributed by atoms with Gasteiger partial charge in [0.2, 0.25) is 5.91 Å². The fourth-order valence-corrected chi connectivity index (χ4v) is 3.40. The number of nitrogens with one attached hydrogen (secondary N) is 1. The molecule has 3 rings (SSSR count). The molecule has 27 heavy (non-hydrogen) atoms. The lowest BCUT2D eigenvalue weighted by Crippen LogP contribution is -2.49. The molecule has 1 N–H and O–H groups in total. The molecule has 0 aliphatic carbocycles. The second-order valence-electron chi connectivity index (χ2n) is 7.08. The fourth-order valence-electron chi connectivity index (χ4n) is 3.40. The molecule has 1 aliphatic heterocycles. The fraction of sp³-hybridized carbons (Fsp3) is 0.364. The lowest BCUT2D eigenvalue weighted by atomic mass is 10.1. The second-order valence-corrected chi connectivity index (χ2v) is 7.08. The van der Waals surface area contributed by atoms with Crippen LogP contribution in [0.1, 0.15) is 28.4 Å². The smallest absolute Gasteiger partial charge is 0.254 e. The third kappa shape index (κ3) is 5.17. The van der Waals surface area contributed by atoms with Gasteiger partial charge in [0.25, 0.3) is 5.91 Å². The van der Waals surface area contributed by atoms with Crippen LogP contribution in [0.5, 0.6) is 0 Å². The topological polar surface area (TPSA) is 52.7 Å². The minimum absolute atomic E-state index is 0.0548. The summed E-state index contributed by atoms with van der Waals surface area (Å²) < 4.78 is 0. The van der Waals surface area contributed by atoms with Crippen LogP contribution in [-0.2, 0) is 11.2 Å². The SMILES string of the molecule is CC(=O)Nc1ccc(CCN2CCN(C(=O)c3ccccc3C)CC2)cc1. The molecule has 2 amide bonds. The van der Waals surface area contributed by atoms with Crippen molar-refractivity contribution in [1.29, 1.82) is 0 Å². The monoisotopic (exact) mass is 365 g/mol. The number of rotatable bonds is 5. The molecule has 1 saturated heterocycles. The lowest BCUT2D eigenvalue weighted by Gasteiger charge is -2.35. The minimum Gasteiger partial charge on any atom is -0.336 e. The van der Waals surface area contributed by atoms with E-state index in [-0.39, 0.29) is 11.8 Å². The van der Waals surface area contributed by atoms with Crippen LogP contribution in [0.4, 0.5) is 5.69 Å². The van der Waals surface area contributed by atoms with E-state index in [2.05, 4.69) is 22.3 Å². The summed E-state index contributed by atoms with van der Waals surface area (Å²) >= 11 is 0. The average molecular weight is 365 g/mol. The molecule has 1 heterocycles. The van der Waals surface area contributed by atoms with E-state index >= 15 is 0 Å². The van der Waals surface area contributed by atoms with E-state index in [1.807, 2.05) is 48.2 Å². The molecule has 2 aromatic carbocycles. The van der Waals surface area contributed by atoms with Crippen molar-refractivity contribution in [3.63, 3.8) is 0 Å². The van der Waals surface area contributed by atoms with Gasteiger partial charge < -0.3 is 10.2 Å². The number of anilines is 1. The molecule has 0 radical (unpaired) electrons. The number of carbonyl (C=O) groups is 2. The number of piperazine rings is 1. The second kappa shape index (κ2) is 8.82. The van der Waals surface area contributed by atoms with Crippen molar-refractivity contribution in [3.8, 4) is 0 Å². The summed E-state index contributed by atoms with van der Waals surface area (Å²) in [6, 6.07) is 15.8. The molecule has 142 valence electrons. The number of nitrogens with zero attached hydrogens (tertiary/aromatic N) is 2. The normalized spacial score (nSPS) is 14.8. The summed E-state index contributed by atoms with van der Waals surface area (Å²) in [5.41, 5.74) is 3.93. The molecule has 0 bridgehead atoms. The van der Waals surface area contributed by atoms with Crippen LogP contribution in [0.15, 0.2) is 48.5 Å². The lowest BCUT2D eigenvalue weighted by molar-refractivity contribution is -0.114. The molecular formula is C22H27N3O2. The van der Waals surface area contributed by atoms with E-state index in [1.165, 1.54) is 12.5 Å². The maximum atomic E-state index is 12.7.